The Morgan fingerprint density at radius 1 is 1.24 bits per heavy atom. The molecule has 0 unspecified atom stereocenters. The summed E-state index contributed by atoms with van der Waals surface area (Å²) < 4.78 is 37.6. The number of amides is 2. The topological polar surface area (TPSA) is 78.9 Å². The number of terminal acetylenes is 1. The normalized spacial score (nSPS) is 10.6. The summed E-state index contributed by atoms with van der Waals surface area (Å²) in [6, 6.07) is 7.05. The fourth-order valence-electron chi connectivity index (χ4n) is 1.81. The highest BCUT2D eigenvalue weighted by Crippen LogP contribution is 2.27. The van der Waals surface area contributed by atoms with Crippen LogP contribution in [-0.4, -0.2) is 29.1 Å². The molecule has 0 spiro atoms. The van der Waals surface area contributed by atoms with E-state index >= 15 is 0 Å². The van der Waals surface area contributed by atoms with Crippen LogP contribution in [-0.2, 0) is 6.18 Å². The summed E-state index contributed by atoms with van der Waals surface area (Å²) in [5, 5.41) is 7.74. The van der Waals surface area contributed by atoms with Gasteiger partial charge in [0, 0.05) is 30.5 Å². The Hall–Kier alpha value is -3.28. The zero-order valence-electron chi connectivity index (χ0n) is 12.9. The molecule has 0 aliphatic carbocycles. The number of benzene rings is 1. The van der Waals surface area contributed by atoms with Crippen molar-refractivity contribution in [2.24, 2.45) is 0 Å². The van der Waals surface area contributed by atoms with Gasteiger partial charge in [0.25, 0.3) is 0 Å². The number of aromatic nitrogens is 2. The van der Waals surface area contributed by atoms with Gasteiger partial charge >= 0.3 is 12.2 Å². The molecule has 2 rings (SSSR count). The summed E-state index contributed by atoms with van der Waals surface area (Å²) in [5.74, 6) is 2.28. The van der Waals surface area contributed by atoms with Crippen molar-refractivity contribution in [1.29, 1.82) is 0 Å². The fourth-order valence-corrected chi connectivity index (χ4v) is 1.81. The Labute approximate surface area is 141 Å². The number of anilines is 2. The minimum absolute atomic E-state index is 0.152. The molecule has 0 fully saturated rings. The highest BCUT2D eigenvalue weighted by atomic mass is 19.4. The van der Waals surface area contributed by atoms with Crippen LogP contribution in [0.2, 0.25) is 0 Å². The Morgan fingerprint density at radius 2 is 2.04 bits per heavy atom. The Morgan fingerprint density at radius 3 is 2.76 bits per heavy atom. The van der Waals surface area contributed by atoms with Crippen molar-refractivity contribution in [2.45, 2.75) is 6.18 Å². The van der Waals surface area contributed by atoms with Gasteiger partial charge in [0.1, 0.15) is 5.69 Å². The minimum atomic E-state index is -4.54. The summed E-state index contributed by atoms with van der Waals surface area (Å²) in [7, 11) is 0. The molecule has 0 saturated carbocycles. The highest BCUT2D eigenvalue weighted by molar-refractivity contribution is 5.89. The van der Waals surface area contributed by atoms with E-state index in [0.717, 1.165) is 12.3 Å². The molecule has 1 heterocycles. The van der Waals surface area contributed by atoms with Crippen LogP contribution in [0.1, 0.15) is 11.3 Å². The molecule has 0 bridgehead atoms. The van der Waals surface area contributed by atoms with E-state index in [9.17, 15) is 18.0 Å². The molecule has 1 aromatic carbocycles. The quantitative estimate of drug-likeness (QED) is 0.573. The van der Waals surface area contributed by atoms with E-state index in [4.69, 9.17) is 6.42 Å². The Balaban J connectivity index is 1.77. The maximum atomic E-state index is 12.5. The second-order valence-corrected chi connectivity index (χ2v) is 4.80. The SMILES string of the molecule is C#Cc1cccc(NC(=O)NCCNc2nccc(C(F)(F)F)n2)c1. The third-order valence-electron chi connectivity index (χ3n) is 2.93. The first-order valence-corrected chi connectivity index (χ1v) is 7.14. The zero-order chi connectivity index (χ0) is 18.3. The van der Waals surface area contributed by atoms with Gasteiger partial charge in [-0.25, -0.2) is 14.8 Å². The summed E-state index contributed by atoms with van der Waals surface area (Å²) in [5.41, 5.74) is 0.118. The molecule has 9 heteroatoms. The van der Waals surface area contributed by atoms with E-state index < -0.39 is 17.9 Å². The molecular formula is C16H14F3N5O. The van der Waals surface area contributed by atoms with Crippen molar-refractivity contribution in [1.82, 2.24) is 15.3 Å². The van der Waals surface area contributed by atoms with Crippen LogP contribution in [0.4, 0.5) is 29.6 Å². The first-order chi connectivity index (χ1) is 11.9. The lowest BCUT2D eigenvalue weighted by atomic mass is 10.2. The van der Waals surface area contributed by atoms with Crippen LogP contribution in [0.3, 0.4) is 0 Å². The molecule has 2 amide bonds. The molecule has 0 saturated heterocycles. The summed E-state index contributed by atoms with van der Waals surface area (Å²) in [6.07, 6.45) is 1.75. The number of hydrogen-bond donors (Lipinski definition) is 3. The van der Waals surface area contributed by atoms with E-state index in [0.29, 0.717) is 11.3 Å². The van der Waals surface area contributed by atoms with Gasteiger partial charge in [0.2, 0.25) is 5.95 Å². The van der Waals surface area contributed by atoms with Gasteiger partial charge in [-0.2, -0.15) is 13.2 Å². The van der Waals surface area contributed by atoms with Crippen LogP contribution in [0.15, 0.2) is 36.5 Å². The van der Waals surface area contributed by atoms with E-state index in [2.05, 4.69) is 31.8 Å². The van der Waals surface area contributed by atoms with Crippen molar-refractivity contribution in [3.05, 3.63) is 47.8 Å². The first-order valence-electron chi connectivity index (χ1n) is 7.14. The molecule has 2 aromatic rings. The third-order valence-corrected chi connectivity index (χ3v) is 2.93. The Bertz CT molecular complexity index is 786. The van der Waals surface area contributed by atoms with Crippen molar-refractivity contribution >= 4 is 17.7 Å². The molecule has 130 valence electrons. The number of nitrogens with zero attached hydrogens (tertiary/aromatic N) is 2. The van der Waals surface area contributed by atoms with Gasteiger partial charge in [-0.3, -0.25) is 0 Å². The zero-order valence-corrected chi connectivity index (χ0v) is 12.9. The molecule has 0 radical (unpaired) electrons. The molecule has 0 aliphatic heterocycles. The molecule has 0 atom stereocenters. The van der Waals surface area contributed by atoms with Crippen LogP contribution >= 0.6 is 0 Å². The van der Waals surface area contributed by atoms with E-state index in [1.165, 1.54) is 0 Å². The van der Waals surface area contributed by atoms with Crippen LogP contribution in [0.5, 0.6) is 0 Å². The van der Waals surface area contributed by atoms with Gasteiger partial charge in [0.15, 0.2) is 0 Å². The fraction of sp³-hybridized carbons (Fsp3) is 0.188. The summed E-state index contributed by atoms with van der Waals surface area (Å²) in [6.45, 7) is 0.305. The van der Waals surface area contributed by atoms with E-state index in [-0.39, 0.29) is 19.0 Å². The average Bonchev–Trinajstić information content (AvgIpc) is 2.58. The van der Waals surface area contributed by atoms with E-state index in [1.807, 2.05) is 0 Å². The van der Waals surface area contributed by atoms with Gasteiger partial charge < -0.3 is 16.0 Å². The van der Waals surface area contributed by atoms with E-state index in [1.54, 1.807) is 24.3 Å². The number of rotatable bonds is 5. The van der Waals surface area contributed by atoms with Gasteiger partial charge in [-0.15, -0.1) is 6.42 Å². The Kier molecular flexibility index (Phi) is 5.79. The number of hydrogen-bond acceptors (Lipinski definition) is 4. The lowest BCUT2D eigenvalue weighted by molar-refractivity contribution is -0.141. The van der Waals surface area contributed by atoms with Crippen molar-refractivity contribution in [2.75, 3.05) is 23.7 Å². The number of halogens is 3. The van der Waals surface area contributed by atoms with Crippen molar-refractivity contribution in [3.63, 3.8) is 0 Å². The number of urea groups is 1. The molecule has 0 aliphatic rings. The number of carbonyl (C=O) groups is 1. The molecular weight excluding hydrogens is 335 g/mol. The lowest BCUT2D eigenvalue weighted by Crippen LogP contribution is -2.32. The number of nitrogens with one attached hydrogen (secondary N) is 3. The van der Waals surface area contributed by atoms with Crippen molar-refractivity contribution in [3.8, 4) is 12.3 Å². The number of alkyl halides is 3. The second kappa shape index (κ2) is 8.01. The maximum absolute atomic E-state index is 12.5. The van der Waals surface area contributed by atoms with Crippen LogP contribution in [0, 0.1) is 12.3 Å². The predicted octanol–water partition coefficient (Wildman–Crippen LogP) is 2.71. The van der Waals surface area contributed by atoms with Gasteiger partial charge in [-0.1, -0.05) is 12.0 Å². The second-order valence-electron chi connectivity index (χ2n) is 4.80. The predicted molar refractivity (Wildman–Crippen MR) is 86.9 cm³/mol. The largest absolute Gasteiger partial charge is 0.433 e. The molecule has 25 heavy (non-hydrogen) atoms. The van der Waals surface area contributed by atoms with Gasteiger partial charge in [0.05, 0.1) is 0 Å². The standard InChI is InChI=1S/C16H14F3N5O/c1-2-11-4-3-5-12(10-11)23-15(25)22-9-8-21-14-20-7-6-13(24-14)16(17,18)19/h1,3-7,10H,8-9H2,(H,20,21,24)(H2,22,23,25). The molecule has 6 nitrogen and oxygen atoms in total. The smallest absolute Gasteiger partial charge is 0.352 e. The first kappa shape index (κ1) is 18.1. The van der Waals surface area contributed by atoms with Gasteiger partial charge in [-0.05, 0) is 24.3 Å². The minimum Gasteiger partial charge on any atom is -0.352 e. The maximum Gasteiger partial charge on any atom is 0.433 e. The molecule has 3 N–H and O–H groups in total. The van der Waals surface area contributed by atoms with Crippen LogP contribution in [0.25, 0.3) is 0 Å². The van der Waals surface area contributed by atoms with Crippen molar-refractivity contribution < 1.29 is 18.0 Å². The highest BCUT2D eigenvalue weighted by Gasteiger charge is 2.32. The summed E-state index contributed by atoms with van der Waals surface area (Å²) >= 11 is 0. The lowest BCUT2D eigenvalue weighted by Gasteiger charge is -2.10. The monoisotopic (exact) mass is 349 g/mol. The molecule has 1 aromatic heterocycles. The third kappa shape index (κ3) is 5.69. The number of carbonyl (C=O) groups excluding carboxylic acids is 1. The van der Waals surface area contributed by atoms with Crippen LogP contribution < -0.4 is 16.0 Å². The summed E-state index contributed by atoms with van der Waals surface area (Å²) in [4.78, 5) is 18.8. The average molecular weight is 349 g/mol.